The monoisotopic (exact) mass is 467 g/mol. The summed E-state index contributed by atoms with van der Waals surface area (Å²) in [5, 5.41) is 0.558. The number of benzene rings is 4. The number of ether oxygens (including phenoxy) is 1. The Morgan fingerprint density at radius 3 is 2.06 bits per heavy atom. The van der Waals surface area contributed by atoms with Gasteiger partial charge in [0.25, 0.3) is 0 Å². The van der Waals surface area contributed by atoms with Gasteiger partial charge in [0.2, 0.25) is 5.78 Å². The molecule has 1 aliphatic rings. The van der Waals surface area contributed by atoms with E-state index in [0.717, 1.165) is 11.3 Å². The quantitative estimate of drug-likeness (QED) is 0.294. The Hall–Kier alpha value is -3.89. The van der Waals surface area contributed by atoms with Crippen LogP contribution >= 0.6 is 11.6 Å². The van der Waals surface area contributed by atoms with E-state index in [0.29, 0.717) is 21.9 Å². The highest BCUT2D eigenvalue weighted by Gasteiger charge is 2.43. The van der Waals surface area contributed by atoms with E-state index in [1.807, 2.05) is 77.7 Å². The zero-order valence-electron chi connectivity index (χ0n) is 18.3. The van der Waals surface area contributed by atoms with Crippen LogP contribution in [0.3, 0.4) is 0 Å². The molecule has 0 spiro atoms. The highest BCUT2D eigenvalue weighted by atomic mass is 35.5. The maximum Gasteiger partial charge on any atom is 0.205 e. The zero-order valence-corrected chi connectivity index (χ0v) is 19.1. The van der Waals surface area contributed by atoms with Crippen LogP contribution < -0.4 is 9.64 Å². The van der Waals surface area contributed by atoms with Crippen molar-refractivity contribution in [2.24, 2.45) is 0 Å². The molecule has 0 saturated heterocycles. The molecule has 0 amide bonds. The number of hydrogen-bond donors (Lipinski definition) is 0. The predicted molar refractivity (Wildman–Crippen MR) is 134 cm³/mol. The van der Waals surface area contributed by atoms with Crippen LogP contribution in [0.15, 0.2) is 109 Å². The van der Waals surface area contributed by atoms with Gasteiger partial charge in [0.1, 0.15) is 11.8 Å². The molecule has 0 aliphatic carbocycles. The first kappa shape index (κ1) is 21.9. The average molecular weight is 468 g/mol. The van der Waals surface area contributed by atoms with Gasteiger partial charge in [-0.05, 0) is 42.5 Å². The third-order valence-corrected chi connectivity index (χ3v) is 6.25. The second-order valence-corrected chi connectivity index (χ2v) is 8.58. The summed E-state index contributed by atoms with van der Waals surface area (Å²) >= 11 is 6.04. The third-order valence-electron chi connectivity index (χ3n) is 6.00. The number of ketones is 2. The normalized spacial score (nSPS) is 16.4. The molecule has 0 aromatic heterocycles. The van der Waals surface area contributed by atoms with E-state index >= 15 is 0 Å². The number of rotatable bonds is 7. The number of anilines is 1. The number of para-hydroxylation sites is 2. The zero-order chi connectivity index (χ0) is 23.5. The van der Waals surface area contributed by atoms with Crippen LogP contribution in [0.25, 0.3) is 0 Å². The molecule has 4 nitrogen and oxygen atoms in total. The van der Waals surface area contributed by atoms with Crippen molar-refractivity contribution in [2.75, 3.05) is 11.4 Å². The van der Waals surface area contributed by atoms with Crippen LogP contribution in [0.2, 0.25) is 5.02 Å². The van der Waals surface area contributed by atoms with E-state index in [4.69, 9.17) is 16.3 Å². The fourth-order valence-electron chi connectivity index (χ4n) is 4.34. The van der Waals surface area contributed by atoms with E-state index in [2.05, 4.69) is 0 Å². The summed E-state index contributed by atoms with van der Waals surface area (Å²) in [5.41, 5.74) is 2.84. The smallest absolute Gasteiger partial charge is 0.205 e. The average Bonchev–Trinajstić information content (AvgIpc) is 3.27. The lowest BCUT2D eigenvalue weighted by Crippen LogP contribution is -2.42. The summed E-state index contributed by atoms with van der Waals surface area (Å²) < 4.78 is 6.22. The summed E-state index contributed by atoms with van der Waals surface area (Å²) in [7, 11) is 0. The molecule has 0 bridgehead atoms. The molecular formula is C29H22ClNO3. The second-order valence-electron chi connectivity index (χ2n) is 8.14. The molecule has 0 fully saturated rings. The van der Waals surface area contributed by atoms with Crippen molar-refractivity contribution in [1.82, 2.24) is 0 Å². The molecule has 4 aromatic rings. The number of hydrogen-bond acceptors (Lipinski definition) is 4. The summed E-state index contributed by atoms with van der Waals surface area (Å²) in [6.45, 7) is 0.0980. The number of halogens is 1. The van der Waals surface area contributed by atoms with Gasteiger partial charge < -0.3 is 9.64 Å². The number of carbonyl (C=O) groups is 2. The Morgan fingerprint density at radius 1 is 0.735 bits per heavy atom. The van der Waals surface area contributed by atoms with Crippen LogP contribution in [0.1, 0.15) is 32.3 Å². The van der Waals surface area contributed by atoms with Gasteiger partial charge in [0.05, 0.1) is 6.54 Å². The molecule has 4 aromatic carbocycles. The van der Waals surface area contributed by atoms with Crippen molar-refractivity contribution in [3.8, 4) is 5.75 Å². The van der Waals surface area contributed by atoms with Gasteiger partial charge in [-0.3, -0.25) is 9.59 Å². The van der Waals surface area contributed by atoms with Gasteiger partial charge in [-0.15, -0.1) is 0 Å². The van der Waals surface area contributed by atoms with Crippen molar-refractivity contribution in [3.63, 3.8) is 0 Å². The Kier molecular flexibility index (Phi) is 6.15. The Morgan fingerprint density at radius 2 is 1.35 bits per heavy atom. The lowest BCUT2D eigenvalue weighted by molar-refractivity contribution is 0.0784. The molecule has 5 heteroatoms. The molecule has 34 heavy (non-hydrogen) atoms. The highest BCUT2D eigenvalue weighted by molar-refractivity contribution is 6.30. The lowest BCUT2D eigenvalue weighted by atomic mass is 9.94. The maximum absolute atomic E-state index is 13.6. The molecule has 1 aliphatic heterocycles. The number of carbonyl (C=O) groups excluding carboxylic acids is 2. The van der Waals surface area contributed by atoms with E-state index in [-0.39, 0.29) is 18.1 Å². The van der Waals surface area contributed by atoms with Gasteiger partial charge in [-0.25, -0.2) is 0 Å². The van der Waals surface area contributed by atoms with Crippen molar-refractivity contribution in [1.29, 1.82) is 0 Å². The maximum atomic E-state index is 13.6. The molecule has 1 heterocycles. The van der Waals surface area contributed by atoms with Crippen LogP contribution in [0, 0.1) is 0 Å². The van der Waals surface area contributed by atoms with Gasteiger partial charge in [-0.1, -0.05) is 78.3 Å². The predicted octanol–water partition coefficient (Wildman–Crippen LogP) is 6.41. The summed E-state index contributed by atoms with van der Waals surface area (Å²) in [4.78, 5) is 28.9. The van der Waals surface area contributed by atoms with Gasteiger partial charge in [0, 0.05) is 27.4 Å². The van der Waals surface area contributed by atoms with Crippen molar-refractivity contribution < 1.29 is 14.3 Å². The second kappa shape index (κ2) is 9.54. The summed E-state index contributed by atoms with van der Waals surface area (Å²) in [6.07, 6.45) is -0.817. The standard InChI is InChI=1S/C29H22ClNO3/c30-22-17-15-21(16-18-22)28(33)29-27(24-13-7-8-14-26(24)34-29)31(23-11-5-2-6-12-23)19-25(32)20-9-3-1-4-10-20/h1-18,27,29H,19H2. The molecule has 0 N–H and O–H groups in total. The molecule has 5 rings (SSSR count). The van der Waals surface area contributed by atoms with Crippen LogP contribution in [0.4, 0.5) is 5.69 Å². The molecule has 2 unspecified atom stereocenters. The molecular weight excluding hydrogens is 446 g/mol. The minimum Gasteiger partial charge on any atom is -0.479 e. The molecule has 0 radical (unpaired) electrons. The first-order valence-corrected chi connectivity index (χ1v) is 11.4. The first-order valence-electron chi connectivity index (χ1n) is 11.1. The number of nitrogens with zero attached hydrogens (tertiary/aromatic N) is 1. The largest absolute Gasteiger partial charge is 0.479 e. The lowest BCUT2D eigenvalue weighted by Gasteiger charge is -2.33. The Bertz CT molecular complexity index is 1310. The molecule has 0 saturated carbocycles. The summed E-state index contributed by atoms with van der Waals surface area (Å²) in [5.74, 6) is 0.449. The molecule has 2 atom stereocenters. The Labute approximate surface area is 203 Å². The SMILES string of the molecule is O=C(CN(c1ccccc1)C1c2ccccc2OC1C(=O)c1ccc(Cl)cc1)c1ccccc1. The third kappa shape index (κ3) is 4.33. The fourth-order valence-corrected chi connectivity index (χ4v) is 4.47. The number of fused-ring (bicyclic) bond motifs is 1. The van der Waals surface area contributed by atoms with Crippen molar-refractivity contribution >= 4 is 28.9 Å². The van der Waals surface area contributed by atoms with Gasteiger partial charge in [-0.2, -0.15) is 0 Å². The van der Waals surface area contributed by atoms with Crippen LogP contribution in [0.5, 0.6) is 5.75 Å². The fraction of sp³-hybridized carbons (Fsp3) is 0.103. The first-order chi connectivity index (χ1) is 16.6. The van der Waals surface area contributed by atoms with Crippen LogP contribution in [-0.4, -0.2) is 24.2 Å². The van der Waals surface area contributed by atoms with E-state index in [9.17, 15) is 9.59 Å². The van der Waals surface area contributed by atoms with E-state index in [1.165, 1.54) is 0 Å². The van der Waals surface area contributed by atoms with Crippen molar-refractivity contribution in [2.45, 2.75) is 12.1 Å². The Balaban J connectivity index is 1.58. The van der Waals surface area contributed by atoms with E-state index in [1.54, 1.807) is 36.4 Å². The van der Waals surface area contributed by atoms with Gasteiger partial charge >= 0.3 is 0 Å². The van der Waals surface area contributed by atoms with Crippen molar-refractivity contribution in [3.05, 3.63) is 131 Å². The summed E-state index contributed by atoms with van der Waals surface area (Å²) in [6, 6.07) is 32.8. The minimum atomic E-state index is -0.817. The van der Waals surface area contributed by atoms with Crippen LogP contribution in [-0.2, 0) is 0 Å². The topological polar surface area (TPSA) is 46.6 Å². The minimum absolute atomic E-state index is 0.0356. The van der Waals surface area contributed by atoms with E-state index < -0.39 is 12.1 Å². The van der Waals surface area contributed by atoms with Gasteiger partial charge in [0.15, 0.2) is 11.9 Å². The molecule has 168 valence electrons. The number of Topliss-reactive ketones (excluding diaryl/α,β-unsaturated/α-hetero) is 2. The highest BCUT2D eigenvalue weighted by Crippen LogP contribution is 2.43.